The summed E-state index contributed by atoms with van der Waals surface area (Å²) in [4.78, 5) is 11.2. The number of rotatable bonds is 2. The van der Waals surface area contributed by atoms with Crippen molar-refractivity contribution in [3.8, 4) is 0 Å². The first-order valence-corrected chi connectivity index (χ1v) is 5.64. The van der Waals surface area contributed by atoms with Gasteiger partial charge in [-0.25, -0.2) is 9.18 Å². The highest BCUT2D eigenvalue weighted by Gasteiger charge is 2.18. The van der Waals surface area contributed by atoms with Crippen LogP contribution in [0.3, 0.4) is 0 Å². The monoisotopic (exact) mass is 324 g/mol. The zero-order chi connectivity index (χ0) is 10.7. The molecule has 0 amide bonds. The molecule has 0 aliphatic rings. The lowest BCUT2D eigenvalue weighted by Gasteiger charge is -2.06. The van der Waals surface area contributed by atoms with E-state index in [1.165, 1.54) is 7.11 Å². The van der Waals surface area contributed by atoms with E-state index in [0.717, 1.165) is 0 Å². The third-order valence-electron chi connectivity index (χ3n) is 1.70. The normalized spacial score (nSPS) is 10.0. The van der Waals surface area contributed by atoms with Crippen LogP contribution in [-0.2, 0) is 10.1 Å². The van der Waals surface area contributed by atoms with Gasteiger partial charge in [0.25, 0.3) is 0 Å². The van der Waals surface area contributed by atoms with Gasteiger partial charge in [-0.2, -0.15) is 0 Å². The highest BCUT2D eigenvalue weighted by molar-refractivity contribution is 9.10. The second kappa shape index (κ2) is 4.89. The van der Waals surface area contributed by atoms with Gasteiger partial charge in [0.15, 0.2) is 0 Å². The van der Waals surface area contributed by atoms with Crippen molar-refractivity contribution in [3.05, 3.63) is 33.5 Å². The predicted octanol–water partition coefficient (Wildman–Crippen LogP) is 3.27. The summed E-state index contributed by atoms with van der Waals surface area (Å²) in [5, 5.41) is 0.357. The van der Waals surface area contributed by atoms with Crippen molar-refractivity contribution in [3.63, 3.8) is 0 Å². The third kappa shape index (κ3) is 2.15. The molecule has 1 rings (SSSR count). The van der Waals surface area contributed by atoms with Crippen molar-refractivity contribution in [2.75, 3.05) is 7.11 Å². The molecule has 1 aromatic carbocycles. The summed E-state index contributed by atoms with van der Waals surface area (Å²) >= 11 is 6.23. The molecular formula is C9H7Br2FO2. The van der Waals surface area contributed by atoms with Gasteiger partial charge >= 0.3 is 5.97 Å². The Bertz CT molecular complexity index is 366. The number of hydrogen-bond donors (Lipinski definition) is 0. The number of halogens is 3. The Kier molecular flexibility index (Phi) is 4.07. The van der Waals surface area contributed by atoms with E-state index in [-0.39, 0.29) is 5.56 Å². The second-order valence-corrected chi connectivity index (χ2v) is 3.94. The number of alkyl halides is 1. The molecule has 5 heteroatoms. The van der Waals surface area contributed by atoms with Crippen molar-refractivity contribution in [1.29, 1.82) is 0 Å². The lowest BCUT2D eigenvalue weighted by molar-refractivity contribution is 0.0594. The van der Waals surface area contributed by atoms with E-state index in [9.17, 15) is 9.18 Å². The van der Waals surface area contributed by atoms with Gasteiger partial charge < -0.3 is 4.74 Å². The number of carbonyl (C=O) groups is 1. The summed E-state index contributed by atoms with van der Waals surface area (Å²) in [6, 6.07) is 3.21. The van der Waals surface area contributed by atoms with Crippen molar-refractivity contribution in [2.45, 2.75) is 5.33 Å². The van der Waals surface area contributed by atoms with Crippen LogP contribution < -0.4 is 0 Å². The van der Waals surface area contributed by atoms with Crippen molar-refractivity contribution in [1.82, 2.24) is 0 Å². The van der Waals surface area contributed by atoms with Crippen LogP contribution in [0.2, 0.25) is 0 Å². The molecule has 0 atom stereocenters. The van der Waals surface area contributed by atoms with Crippen LogP contribution in [0, 0.1) is 5.82 Å². The summed E-state index contributed by atoms with van der Waals surface area (Å²) in [5.41, 5.74) is 0.359. The Morgan fingerprint density at radius 3 is 2.71 bits per heavy atom. The number of methoxy groups -OCH3 is 1. The topological polar surface area (TPSA) is 26.3 Å². The quantitative estimate of drug-likeness (QED) is 0.616. The Hall–Kier alpha value is -0.420. The van der Waals surface area contributed by atoms with Gasteiger partial charge in [-0.3, -0.25) is 0 Å². The highest BCUT2D eigenvalue weighted by atomic mass is 79.9. The number of esters is 1. The zero-order valence-corrected chi connectivity index (χ0v) is 10.5. The van der Waals surface area contributed by atoms with E-state index in [4.69, 9.17) is 0 Å². The summed E-state index contributed by atoms with van der Waals surface area (Å²) in [7, 11) is 1.22. The first-order chi connectivity index (χ1) is 6.61. The Morgan fingerprint density at radius 1 is 1.57 bits per heavy atom. The molecule has 76 valence electrons. The van der Waals surface area contributed by atoms with Crippen LogP contribution in [0.15, 0.2) is 16.6 Å². The van der Waals surface area contributed by atoms with E-state index in [1.54, 1.807) is 12.1 Å². The molecule has 1 aromatic rings. The van der Waals surface area contributed by atoms with Gasteiger partial charge in [0.05, 0.1) is 7.11 Å². The summed E-state index contributed by atoms with van der Waals surface area (Å²) < 4.78 is 18.5. The molecule has 0 heterocycles. The van der Waals surface area contributed by atoms with E-state index in [0.29, 0.717) is 15.4 Å². The second-order valence-electron chi connectivity index (χ2n) is 2.52. The predicted molar refractivity (Wildman–Crippen MR) is 58.1 cm³/mol. The van der Waals surface area contributed by atoms with Crippen LogP contribution in [0.4, 0.5) is 4.39 Å². The summed E-state index contributed by atoms with van der Waals surface area (Å²) in [5.74, 6) is -1.24. The molecular weight excluding hydrogens is 319 g/mol. The van der Waals surface area contributed by atoms with Gasteiger partial charge in [0, 0.05) is 9.80 Å². The van der Waals surface area contributed by atoms with Crippen LogP contribution in [-0.4, -0.2) is 13.1 Å². The van der Waals surface area contributed by atoms with E-state index >= 15 is 0 Å². The van der Waals surface area contributed by atoms with Crippen LogP contribution in [0.1, 0.15) is 15.9 Å². The molecule has 14 heavy (non-hydrogen) atoms. The van der Waals surface area contributed by atoms with Crippen LogP contribution >= 0.6 is 31.9 Å². The summed E-state index contributed by atoms with van der Waals surface area (Å²) in [6.45, 7) is 0. The number of carbonyl (C=O) groups excluding carboxylic acids is 1. The lowest BCUT2D eigenvalue weighted by Crippen LogP contribution is -2.07. The molecule has 0 aliphatic heterocycles. The smallest absolute Gasteiger partial charge is 0.342 e. The third-order valence-corrected chi connectivity index (χ3v) is 2.97. The molecule has 0 spiro atoms. The fraction of sp³-hybridized carbons (Fsp3) is 0.222. The maximum absolute atomic E-state index is 13.6. The maximum Gasteiger partial charge on any atom is 0.342 e. The average molecular weight is 326 g/mol. The minimum absolute atomic E-state index is 0.0653. The Morgan fingerprint density at radius 2 is 2.21 bits per heavy atom. The SMILES string of the molecule is COC(=O)c1c(Br)ccc(CBr)c1F. The number of benzene rings is 1. The molecule has 0 N–H and O–H groups in total. The van der Waals surface area contributed by atoms with Crippen molar-refractivity contribution in [2.24, 2.45) is 0 Å². The van der Waals surface area contributed by atoms with E-state index in [1.807, 2.05) is 0 Å². The number of hydrogen-bond acceptors (Lipinski definition) is 2. The molecule has 2 nitrogen and oxygen atoms in total. The van der Waals surface area contributed by atoms with Gasteiger partial charge in [0.1, 0.15) is 11.4 Å². The van der Waals surface area contributed by atoms with Crippen LogP contribution in [0.25, 0.3) is 0 Å². The van der Waals surface area contributed by atoms with Crippen molar-refractivity contribution < 1.29 is 13.9 Å². The number of ether oxygens (including phenoxy) is 1. The van der Waals surface area contributed by atoms with Gasteiger partial charge in [-0.1, -0.05) is 22.0 Å². The van der Waals surface area contributed by atoms with E-state index in [2.05, 4.69) is 36.6 Å². The molecule has 0 aromatic heterocycles. The Balaban J connectivity index is 3.32. The maximum atomic E-state index is 13.6. The first-order valence-electron chi connectivity index (χ1n) is 3.73. The van der Waals surface area contributed by atoms with Gasteiger partial charge in [-0.05, 0) is 27.6 Å². The van der Waals surface area contributed by atoms with E-state index < -0.39 is 11.8 Å². The summed E-state index contributed by atoms with van der Waals surface area (Å²) in [6.07, 6.45) is 0. The van der Waals surface area contributed by atoms with Gasteiger partial charge in [0.2, 0.25) is 0 Å². The fourth-order valence-corrected chi connectivity index (χ4v) is 1.89. The zero-order valence-electron chi connectivity index (χ0n) is 7.31. The molecule has 0 saturated carbocycles. The highest BCUT2D eigenvalue weighted by Crippen LogP contribution is 2.24. The first kappa shape index (κ1) is 11.7. The molecule has 0 radical (unpaired) electrons. The molecule has 0 saturated heterocycles. The minimum atomic E-state index is -0.683. The minimum Gasteiger partial charge on any atom is -0.465 e. The van der Waals surface area contributed by atoms with Crippen LogP contribution in [0.5, 0.6) is 0 Å². The molecule has 0 fully saturated rings. The molecule has 0 aliphatic carbocycles. The lowest BCUT2D eigenvalue weighted by atomic mass is 10.1. The largest absolute Gasteiger partial charge is 0.465 e. The van der Waals surface area contributed by atoms with Crippen molar-refractivity contribution >= 4 is 37.8 Å². The molecule has 0 unspecified atom stereocenters. The average Bonchev–Trinajstić information content (AvgIpc) is 2.18. The van der Waals surface area contributed by atoms with Gasteiger partial charge in [-0.15, -0.1) is 0 Å². The fourth-order valence-electron chi connectivity index (χ4n) is 0.988. The standard InChI is InChI=1S/C9H7Br2FO2/c1-14-9(13)7-6(11)3-2-5(4-10)8(7)12/h2-3H,4H2,1H3. The Labute approximate surface area is 97.7 Å². The molecule has 0 bridgehead atoms.